The number of rotatable bonds is 6. The Bertz CT molecular complexity index is 966. The maximum Gasteiger partial charge on any atom is 0.272 e. The fraction of sp³-hybridized carbons (Fsp3) is 0.118. The molecular weight excluding hydrogens is 354 g/mol. The number of aryl methyl sites for hydroxylation is 1. The van der Waals surface area contributed by atoms with Crippen molar-refractivity contribution in [2.45, 2.75) is 6.92 Å². The van der Waals surface area contributed by atoms with Gasteiger partial charge in [0.25, 0.3) is 11.6 Å². The quantitative estimate of drug-likeness (QED) is 0.394. The highest BCUT2D eigenvalue weighted by molar-refractivity contribution is 7.22. The molecule has 0 atom stereocenters. The van der Waals surface area contributed by atoms with E-state index in [9.17, 15) is 14.9 Å². The number of thiazole rings is 1. The van der Waals surface area contributed by atoms with Gasteiger partial charge in [0.05, 0.1) is 27.9 Å². The number of nitro benzene ring substituents is 1. The van der Waals surface area contributed by atoms with Crippen molar-refractivity contribution in [2.24, 2.45) is 5.10 Å². The Morgan fingerprint density at radius 3 is 2.92 bits per heavy atom. The minimum atomic E-state index is -0.451. The highest BCUT2D eigenvalue weighted by atomic mass is 32.1. The number of carbonyl (C=O) groups excluding carboxylic acids is 1. The van der Waals surface area contributed by atoms with Crippen LogP contribution >= 0.6 is 11.3 Å². The molecule has 0 radical (unpaired) electrons. The summed E-state index contributed by atoms with van der Waals surface area (Å²) in [6.07, 6.45) is 1.36. The number of carbonyl (C=O) groups is 1. The molecule has 1 amide bonds. The molecule has 3 aromatic rings. The topological polar surface area (TPSA) is 110 Å². The second kappa shape index (κ2) is 7.70. The summed E-state index contributed by atoms with van der Waals surface area (Å²) in [6, 6.07) is 12.4. The van der Waals surface area contributed by atoms with Gasteiger partial charge in [0.15, 0.2) is 5.13 Å². The van der Waals surface area contributed by atoms with Crippen LogP contribution in [0, 0.1) is 17.0 Å². The summed E-state index contributed by atoms with van der Waals surface area (Å²) in [5.74, 6) is -0.345. The Labute approximate surface area is 152 Å². The predicted octanol–water partition coefficient (Wildman–Crippen LogP) is 3.08. The number of para-hydroxylation sites is 1. The van der Waals surface area contributed by atoms with Crippen molar-refractivity contribution in [1.29, 1.82) is 0 Å². The van der Waals surface area contributed by atoms with E-state index in [4.69, 9.17) is 0 Å². The van der Waals surface area contributed by atoms with Crippen molar-refractivity contribution < 1.29 is 9.72 Å². The van der Waals surface area contributed by atoms with E-state index in [1.807, 2.05) is 24.3 Å². The summed E-state index contributed by atoms with van der Waals surface area (Å²) < 4.78 is 1.04. The monoisotopic (exact) mass is 369 g/mol. The second-order valence-corrected chi connectivity index (χ2v) is 6.47. The third-order valence-corrected chi connectivity index (χ3v) is 4.52. The molecule has 0 aliphatic heterocycles. The number of benzene rings is 2. The van der Waals surface area contributed by atoms with Crippen LogP contribution in [0.1, 0.15) is 11.1 Å². The summed E-state index contributed by atoms with van der Waals surface area (Å²) in [6.45, 7) is 1.68. The van der Waals surface area contributed by atoms with Crippen LogP contribution < -0.4 is 10.7 Å². The molecule has 0 aliphatic rings. The van der Waals surface area contributed by atoms with Crippen molar-refractivity contribution >= 4 is 44.5 Å². The van der Waals surface area contributed by atoms with Crippen molar-refractivity contribution in [1.82, 2.24) is 10.4 Å². The van der Waals surface area contributed by atoms with Crippen LogP contribution in [0.3, 0.4) is 0 Å². The summed E-state index contributed by atoms with van der Waals surface area (Å²) in [5.41, 5.74) is 4.36. The number of anilines is 1. The second-order valence-electron chi connectivity index (χ2n) is 5.44. The Morgan fingerprint density at radius 1 is 1.35 bits per heavy atom. The van der Waals surface area contributed by atoms with E-state index in [1.165, 1.54) is 23.6 Å². The van der Waals surface area contributed by atoms with Gasteiger partial charge in [-0.15, -0.1) is 0 Å². The van der Waals surface area contributed by atoms with Gasteiger partial charge < -0.3 is 5.32 Å². The van der Waals surface area contributed by atoms with Gasteiger partial charge >= 0.3 is 0 Å². The van der Waals surface area contributed by atoms with Gasteiger partial charge in [0, 0.05) is 17.2 Å². The van der Waals surface area contributed by atoms with E-state index in [1.54, 1.807) is 19.1 Å². The molecule has 0 aliphatic carbocycles. The van der Waals surface area contributed by atoms with Crippen molar-refractivity contribution in [3.05, 3.63) is 63.7 Å². The lowest BCUT2D eigenvalue weighted by atomic mass is 10.1. The highest BCUT2D eigenvalue weighted by Gasteiger charge is 2.10. The molecule has 0 saturated carbocycles. The standard InChI is InChI=1S/C17H15N5O3S/c1-11-6-7-12(8-14(11)22(24)25)9-19-21-16(23)10-18-17-20-13-4-2-3-5-15(13)26-17/h2-9H,10H2,1H3,(H,18,20)(H,21,23)/b19-9-. The first-order valence-electron chi connectivity index (χ1n) is 7.69. The van der Waals surface area contributed by atoms with Gasteiger partial charge in [0.1, 0.15) is 0 Å². The number of hydrazone groups is 1. The minimum Gasteiger partial charge on any atom is -0.352 e. The van der Waals surface area contributed by atoms with Crippen LogP contribution in [0.15, 0.2) is 47.6 Å². The van der Waals surface area contributed by atoms with Crippen molar-refractivity contribution in [3.8, 4) is 0 Å². The molecule has 1 aromatic heterocycles. The van der Waals surface area contributed by atoms with Gasteiger partial charge in [-0.1, -0.05) is 35.6 Å². The average molecular weight is 369 g/mol. The minimum absolute atomic E-state index is 0.0118. The molecule has 0 fully saturated rings. The number of hydrogen-bond acceptors (Lipinski definition) is 7. The fourth-order valence-electron chi connectivity index (χ4n) is 2.23. The third-order valence-electron chi connectivity index (χ3n) is 3.53. The molecule has 1 heterocycles. The number of fused-ring (bicyclic) bond motifs is 1. The lowest BCUT2D eigenvalue weighted by Gasteiger charge is -2.01. The maximum atomic E-state index is 11.8. The predicted molar refractivity (Wildman–Crippen MR) is 102 cm³/mol. The molecule has 3 rings (SSSR count). The molecule has 2 N–H and O–H groups in total. The van der Waals surface area contributed by atoms with E-state index >= 15 is 0 Å². The highest BCUT2D eigenvalue weighted by Crippen LogP contribution is 2.25. The average Bonchev–Trinajstić information content (AvgIpc) is 3.04. The molecule has 2 aromatic carbocycles. The summed E-state index contributed by atoms with van der Waals surface area (Å²) in [4.78, 5) is 26.7. The number of nitrogens with one attached hydrogen (secondary N) is 2. The molecule has 132 valence electrons. The number of aromatic nitrogens is 1. The Kier molecular flexibility index (Phi) is 5.18. The van der Waals surface area contributed by atoms with E-state index in [-0.39, 0.29) is 18.1 Å². The first-order chi connectivity index (χ1) is 12.5. The van der Waals surface area contributed by atoms with E-state index in [0.29, 0.717) is 16.3 Å². The molecule has 26 heavy (non-hydrogen) atoms. The lowest BCUT2D eigenvalue weighted by molar-refractivity contribution is -0.385. The lowest BCUT2D eigenvalue weighted by Crippen LogP contribution is -2.25. The summed E-state index contributed by atoms with van der Waals surface area (Å²) in [7, 11) is 0. The first-order valence-corrected chi connectivity index (χ1v) is 8.51. The van der Waals surface area contributed by atoms with Gasteiger partial charge in [-0.3, -0.25) is 14.9 Å². The van der Waals surface area contributed by atoms with E-state index in [0.717, 1.165) is 10.2 Å². The number of nitrogens with zero attached hydrogens (tertiary/aromatic N) is 3. The molecule has 0 bridgehead atoms. The largest absolute Gasteiger partial charge is 0.352 e. The van der Waals surface area contributed by atoms with E-state index < -0.39 is 4.92 Å². The van der Waals surface area contributed by atoms with Crippen LogP contribution in [-0.4, -0.2) is 28.6 Å². The Morgan fingerprint density at radius 2 is 2.15 bits per heavy atom. The van der Waals surface area contributed by atoms with Crippen molar-refractivity contribution in [2.75, 3.05) is 11.9 Å². The number of hydrogen-bond donors (Lipinski definition) is 2. The molecule has 8 nitrogen and oxygen atoms in total. The smallest absolute Gasteiger partial charge is 0.272 e. The Hall–Kier alpha value is -3.33. The van der Waals surface area contributed by atoms with Gasteiger partial charge in [-0.05, 0) is 19.1 Å². The van der Waals surface area contributed by atoms with Gasteiger partial charge in [0.2, 0.25) is 0 Å². The van der Waals surface area contributed by atoms with E-state index in [2.05, 4.69) is 20.8 Å². The molecule has 9 heteroatoms. The number of nitro groups is 1. The molecule has 0 spiro atoms. The molecular formula is C17H15N5O3S. The maximum absolute atomic E-state index is 11.8. The zero-order valence-corrected chi connectivity index (χ0v) is 14.6. The fourth-order valence-corrected chi connectivity index (χ4v) is 3.09. The van der Waals surface area contributed by atoms with Gasteiger partial charge in [-0.2, -0.15) is 5.10 Å². The number of amides is 1. The summed E-state index contributed by atoms with van der Waals surface area (Å²) >= 11 is 1.46. The summed E-state index contributed by atoms with van der Waals surface area (Å²) in [5, 5.41) is 18.3. The van der Waals surface area contributed by atoms with Crippen LogP contribution in [0.5, 0.6) is 0 Å². The van der Waals surface area contributed by atoms with Crippen LogP contribution in [0.2, 0.25) is 0 Å². The van der Waals surface area contributed by atoms with Crippen LogP contribution in [-0.2, 0) is 4.79 Å². The van der Waals surface area contributed by atoms with Crippen LogP contribution in [0.4, 0.5) is 10.8 Å². The molecule has 0 unspecified atom stereocenters. The third kappa shape index (κ3) is 4.19. The first kappa shape index (κ1) is 17.5. The normalized spacial score (nSPS) is 11.0. The zero-order chi connectivity index (χ0) is 18.5. The Balaban J connectivity index is 1.54. The SMILES string of the molecule is Cc1ccc(/C=N\NC(=O)CNc2nc3ccccc3s2)cc1[N+](=O)[O-]. The van der Waals surface area contributed by atoms with Crippen molar-refractivity contribution in [3.63, 3.8) is 0 Å². The van der Waals surface area contributed by atoms with Gasteiger partial charge in [-0.25, -0.2) is 10.4 Å². The molecule has 0 saturated heterocycles. The zero-order valence-electron chi connectivity index (χ0n) is 13.8. The van der Waals surface area contributed by atoms with Crippen LogP contribution in [0.25, 0.3) is 10.2 Å².